The van der Waals surface area contributed by atoms with E-state index >= 15 is 0 Å². The molecule has 2 amide bonds. The number of alkyl carbamates (subject to hydrolysis) is 1. The Kier molecular flexibility index (Phi) is 10.6. The first-order valence-corrected chi connectivity index (χ1v) is 8.25. The summed E-state index contributed by atoms with van der Waals surface area (Å²) in [5.74, 6) is 0.106. The number of carbonyl (C=O) groups excluding carboxylic acids is 2. The first-order valence-electron chi connectivity index (χ1n) is 8.25. The van der Waals surface area contributed by atoms with Gasteiger partial charge in [0.05, 0.1) is 6.61 Å². The number of carbonyl (C=O) groups is 2. The highest BCUT2D eigenvalue weighted by Crippen LogP contribution is 2.03. The molecule has 22 heavy (non-hydrogen) atoms. The summed E-state index contributed by atoms with van der Waals surface area (Å²) in [6.45, 7) is 15.6. The van der Waals surface area contributed by atoms with Crippen molar-refractivity contribution in [1.82, 2.24) is 15.5 Å². The van der Waals surface area contributed by atoms with E-state index in [9.17, 15) is 9.59 Å². The molecule has 0 spiro atoms. The number of nitrogens with zero attached hydrogens (tertiary/aromatic N) is 1. The van der Waals surface area contributed by atoms with E-state index in [1.54, 1.807) is 0 Å². The summed E-state index contributed by atoms with van der Waals surface area (Å²) in [5.41, 5.74) is 0. The van der Waals surface area contributed by atoms with E-state index < -0.39 is 12.1 Å². The molecule has 0 heterocycles. The maximum atomic E-state index is 12.2. The maximum absolute atomic E-state index is 12.2. The van der Waals surface area contributed by atoms with Gasteiger partial charge in [0.2, 0.25) is 5.91 Å². The Morgan fingerprint density at radius 3 is 2.14 bits per heavy atom. The van der Waals surface area contributed by atoms with Gasteiger partial charge < -0.3 is 20.3 Å². The van der Waals surface area contributed by atoms with Gasteiger partial charge in [-0.15, -0.1) is 0 Å². The van der Waals surface area contributed by atoms with Crippen LogP contribution in [-0.4, -0.2) is 55.7 Å². The summed E-state index contributed by atoms with van der Waals surface area (Å²) in [5, 5.41) is 5.53. The number of likely N-dealkylation sites (N-methyl/N-ethyl adjacent to an activating group) is 1. The molecule has 6 heteroatoms. The smallest absolute Gasteiger partial charge is 0.407 e. The van der Waals surface area contributed by atoms with Crippen molar-refractivity contribution in [3.63, 3.8) is 0 Å². The standard InChI is InChI=1S/C16H33N3O3/c1-7-19(8-2)10-9-17-15(20)14(13(5)6)18-16(21)22-11-12(3)4/h12-14H,7-11H2,1-6H3,(H,17,20)(H,18,21)/t14-/m0/s1. The normalized spacial score (nSPS) is 12.6. The molecule has 130 valence electrons. The largest absolute Gasteiger partial charge is 0.449 e. The third kappa shape index (κ3) is 8.87. The summed E-state index contributed by atoms with van der Waals surface area (Å²) in [6, 6.07) is -0.573. The Labute approximate surface area is 135 Å². The zero-order chi connectivity index (χ0) is 17.1. The zero-order valence-electron chi connectivity index (χ0n) is 14.9. The van der Waals surface area contributed by atoms with Crippen LogP contribution in [0.1, 0.15) is 41.5 Å². The molecule has 0 fully saturated rings. The lowest BCUT2D eigenvalue weighted by Gasteiger charge is -2.23. The molecular weight excluding hydrogens is 282 g/mol. The van der Waals surface area contributed by atoms with Crippen LogP contribution in [0.4, 0.5) is 4.79 Å². The molecular formula is C16H33N3O3. The zero-order valence-corrected chi connectivity index (χ0v) is 14.9. The van der Waals surface area contributed by atoms with E-state index in [0.717, 1.165) is 19.6 Å². The second-order valence-electron chi connectivity index (χ2n) is 6.18. The minimum atomic E-state index is -0.573. The van der Waals surface area contributed by atoms with E-state index in [1.807, 2.05) is 27.7 Å². The van der Waals surface area contributed by atoms with Gasteiger partial charge in [-0.25, -0.2) is 4.79 Å². The van der Waals surface area contributed by atoms with Crippen molar-refractivity contribution in [3.05, 3.63) is 0 Å². The van der Waals surface area contributed by atoms with Crippen LogP contribution in [0.15, 0.2) is 0 Å². The van der Waals surface area contributed by atoms with Crippen LogP contribution in [0.5, 0.6) is 0 Å². The molecule has 0 saturated carbocycles. The van der Waals surface area contributed by atoms with Crippen LogP contribution < -0.4 is 10.6 Å². The SMILES string of the molecule is CCN(CC)CCNC(=O)[C@@H](NC(=O)OCC(C)C)C(C)C. The number of hydrogen-bond donors (Lipinski definition) is 2. The van der Waals surface area contributed by atoms with Gasteiger partial charge in [0.15, 0.2) is 0 Å². The summed E-state index contributed by atoms with van der Waals surface area (Å²) in [7, 11) is 0. The second-order valence-corrected chi connectivity index (χ2v) is 6.18. The summed E-state index contributed by atoms with van der Waals surface area (Å²) in [4.78, 5) is 26.2. The van der Waals surface area contributed by atoms with Crippen LogP contribution in [0.2, 0.25) is 0 Å². The van der Waals surface area contributed by atoms with Crippen molar-refractivity contribution in [3.8, 4) is 0 Å². The lowest BCUT2D eigenvalue weighted by molar-refractivity contribution is -0.124. The lowest BCUT2D eigenvalue weighted by Crippen LogP contribution is -2.51. The molecule has 0 saturated heterocycles. The van der Waals surface area contributed by atoms with Crippen molar-refractivity contribution in [2.75, 3.05) is 32.8 Å². The predicted octanol–water partition coefficient (Wildman–Crippen LogP) is 1.85. The molecule has 1 atom stereocenters. The topological polar surface area (TPSA) is 70.7 Å². The minimum Gasteiger partial charge on any atom is -0.449 e. The van der Waals surface area contributed by atoms with Crippen molar-refractivity contribution in [2.45, 2.75) is 47.6 Å². The fourth-order valence-corrected chi connectivity index (χ4v) is 1.93. The molecule has 0 radical (unpaired) electrons. The Balaban J connectivity index is 4.31. The van der Waals surface area contributed by atoms with E-state index in [0.29, 0.717) is 13.2 Å². The van der Waals surface area contributed by atoms with E-state index in [4.69, 9.17) is 4.74 Å². The maximum Gasteiger partial charge on any atom is 0.407 e. The Hall–Kier alpha value is -1.30. The Morgan fingerprint density at radius 2 is 1.68 bits per heavy atom. The number of rotatable bonds is 10. The summed E-state index contributed by atoms with van der Waals surface area (Å²) < 4.78 is 5.07. The average molecular weight is 315 g/mol. The summed E-state index contributed by atoms with van der Waals surface area (Å²) in [6.07, 6.45) is -0.536. The van der Waals surface area contributed by atoms with Crippen LogP contribution in [0, 0.1) is 11.8 Å². The van der Waals surface area contributed by atoms with Gasteiger partial charge in [-0.05, 0) is 24.9 Å². The fraction of sp³-hybridized carbons (Fsp3) is 0.875. The van der Waals surface area contributed by atoms with Crippen LogP contribution in [0.3, 0.4) is 0 Å². The van der Waals surface area contributed by atoms with Crippen molar-refractivity contribution in [2.24, 2.45) is 11.8 Å². The Morgan fingerprint density at radius 1 is 1.09 bits per heavy atom. The van der Waals surface area contributed by atoms with E-state index in [1.165, 1.54) is 0 Å². The van der Waals surface area contributed by atoms with Crippen LogP contribution >= 0.6 is 0 Å². The highest BCUT2D eigenvalue weighted by atomic mass is 16.5. The van der Waals surface area contributed by atoms with Gasteiger partial charge in [-0.1, -0.05) is 41.5 Å². The molecule has 0 aliphatic heterocycles. The first kappa shape index (κ1) is 20.7. The van der Waals surface area contributed by atoms with Gasteiger partial charge in [0.25, 0.3) is 0 Å². The van der Waals surface area contributed by atoms with E-state index in [-0.39, 0.29) is 17.7 Å². The van der Waals surface area contributed by atoms with Gasteiger partial charge in [-0.3, -0.25) is 4.79 Å². The van der Waals surface area contributed by atoms with Crippen molar-refractivity contribution < 1.29 is 14.3 Å². The highest BCUT2D eigenvalue weighted by Gasteiger charge is 2.24. The fourth-order valence-electron chi connectivity index (χ4n) is 1.93. The average Bonchev–Trinajstić information content (AvgIpc) is 2.46. The van der Waals surface area contributed by atoms with Crippen LogP contribution in [0.25, 0.3) is 0 Å². The molecule has 0 unspecified atom stereocenters. The number of nitrogens with one attached hydrogen (secondary N) is 2. The molecule has 0 aliphatic rings. The number of amides is 2. The number of hydrogen-bond acceptors (Lipinski definition) is 4. The molecule has 0 bridgehead atoms. The molecule has 6 nitrogen and oxygen atoms in total. The first-order chi connectivity index (χ1) is 10.3. The number of ether oxygens (including phenoxy) is 1. The van der Waals surface area contributed by atoms with Gasteiger partial charge in [-0.2, -0.15) is 0 Å². The molecule has 0 aliphatic carbocycles. The van der Waals surface area contributed by atoms with Crippen molar-refractivity contribution >= 4 is 12.0 Å². The monoisotopic (exact) mass is 315 g/mol. The molecule has 0 aromatic carbocycles. The van der Waals surface area contributed by atoms with Gasteiger partial charge in [0, 0.05) is 13.1 Å². The van der Waals surface area contributed by atoms with E-state index in [2.05, 4.69) is 29.4 Å². The molecule has 0 rings (SSSR count). The quantitative estimate of drug-likeness (QED) is 0.645. The predicted molar refractivity (Wildman–Crippen MR) is 88.7 cm³/mol. The van der Waals surface area contributed by atoms with Gasteiger partial charge in [0.1, 0.15) is 6.04 Å². The molecule has 2 N–H and O–H groups in total. The molecule has 0 aromatic heterocycles. The third-order valence-corrected chi connectivity index (χ3v) is 3.39. The third-order valence-electron chi connectivity index (χ3n) is 3.39. The minimum absolute atomic E-state index is 0.0000494. The lowest BCUT2D eigenvalue weighted by atomic mass is 10.0. The Bertz CT molecular complexity index is 329. The highest BCUT2D eigenvalue weighted by molar-refractivity contribution is 5.85. The summed E-state index contributed by atoms with van der Waals surface area (Å²) >= 11 is 0. The molecule has 0 aromatic rings. The van der Waals surface area contributed by atoms with Crippen molar-refractivity contribution in [1.29, 1.82) is 0 Å². The van der Waals surface area contributed by atoms with Crippen LogP contribution in [-0.2, 0) is 9.53 Å². The second kappa shape index (κ2) is 11.3. The van der Waals surface area contributed by atoms with Gasteiger partial charge >= 0.3 is 6.09 Å².